The second-order valence-corrected chi connectivity index (χ2v) is 5.85. The molecule has 0 aliphatic rings. The lowest BCUT2D eigenvalue weighted by Gasteiger charge is -2.11. The molecule has 1 aromatic carbocycles. The Balaban J connectivity index is 2.26. The topological polar surface area (TPSA) is 38.9 Å². The van der Waals surface area contributed by atoms with Crippen molar-refractivity contribution in [2.24, 2.45) is 5.73 Å². The Morgan fingerprint density at radius 2 is 2.16 bits per heavy atom. The fraction of sp³-hybridized carbons (Fsp3) is 0.214. The molecule has 0 amide bonds. The average molecular weight is 297 g/mol. The van der Waals surface area contributed by atoms with E-state index < -0.39 is 0 Å². The number of hydrogen-bond donors (Lipinski definition) is 1. The first-order chi connectivity index (χ1) is 9.04. The van der Waals surface area contributed by atoms with E-state index in [9.17, 15) is 4.39 Å². The largest absolute Gasteiger partial charge is 0.328 e. The number of pyridine rings is 1. The van der Waals surface area contributed by atoms with E-state index in [1.807, 2.05) is 13.0 Å². The molecule has 0 saturated carbocycles. The van der Waals surface area contributed by atoms with Crippen LogP contribution < -0.4 is 5.73 Å². The molecule has 2 rings (SSSR count). The van der Waals surface area contributed by atoms with Gasteiger partial charge in [-0.1, -0.05) is 23.4 Å². The third-order valence-corrected chi connectivity index (χ3v) is 3.77. The van der Waals surface area contributed by atoms with Crippen LogP contribution in [0, 0.1) is 5.82 Å². The van der Waals surface area contributed by atoms with Crippen molar-refractivity contribution in [3.8, 4) is 0 Å². The number of nitrogens with two attached hydrogens (primary N) is 1. The van der Waals surface area contributed by atoms with Gasteiger partial charge in [0.05, 0.1) is 5.02 Å². The van der Waals surface area contributed by atoms with Crippen LogP contribution in [0.3, 0.4) is 0 Å². The van der Waals surface area contributed by atoms with E-state index in [0.717, 1.165) is 15.5 Å². The summed E-state index contributed by atoms with van der Waals surface area (Å²) in [5.41, 5.74) is 6.69. The molecule has 0 aliphatic carbocycles. The molecule has 0 saturated heterocycles. The maximum Gasteiger partial charge on any atom is 0.123 e. The molecular weight excluding hydrogens is 283 g/mol. The lowest BCUT2D eigenvalue weighted by molar-refractivity contribution is 0.620. The van der Waals surface area contributed by atoms with Crippen molar-refractivity contribution in [3.05, 3.63) is 52.9 Å². The van der Waals surface area contributed by atoms with Crippen molar-refractivity contribution in [2.45, 2.75) is 29.3 Å². The summed E-state index contributed by atoms with van der Waals surface area (Å²) in [5.74, 6) is -0.246. The number of nitrogens with zero attached hydrogens (tertiary/aromatic N) is 1. The van der Waals surface area contributed by atoms with Crippen LogP contribution in [0.5, 0.6) is 0 Å². The molecule has 0 spiro atoms. The SMILES string of the molecule is CC(N)Cc1cc(F)ccc1Sc1ccc(Cl)cn1. The number of halogens is 2. The van der Waals surface area contributed by atoms with E-state index in [4.69, 9.17) is 17.3 Å². The summed E-state index contributed by atoms with van der Waals surface area (Å²) in [6.45, 7) is 1.90. The van der Waals surface area contributed by atoms with Crippen LogP contribution in [0.25, 0.3) is 0 Å². The molecule has 1 atom stereocenters. The van der Waals surface area contributed by atoms with Gasteiger partial charge in [0.15, 0.2) is 0 Å². The van der Waals surface area contributed by atoms with Gasteiger partial charge in [0.1, 0.15) is 10.8 Å². The van der Waals surface area contributed by atoms with Crippen molar-refractivity contribution in [1.29, 1.82) is 0 Å². The molecule has 0 radical (unpaired) electrons. The highest BCUT2D eigenvalue weighted by atomic mass is 35.5. The fourth-order valence-electron chi connectivity index (χ4n) is 1.69. The summed E-state index contributed by atoms with van der Waals surface area (Å²) in [7, 11) is 0. The summed E-state index contributed by atoms with van der Waals surface area (Å²) >= 11 is 7.28. The molecule has 1 heterocycles. The Bertz CT molecular complexity index is 558. The molecule has 1 aromatic heterocycles. The zero-order chi connectivity index (χ0) is 13.8. The Morgan fingerprint density at radius 1 is 1.37 bits per heavy atom. The third-order valence-electron chi connectivity index (χ3n) is 2.48. The molecule has 0 fully saturated rings. The van der Waals surface area contributed by atoms with Gasteiger partial charge in [0, 0.05) is 17.1 Å². The van der Waals surface area contributed by atoms with Gasteiger partial charge in [-0.25, -0.2) is 9.37 Å². The normalized spacial score (nSPS) is 12.4. The van der Waals surface area contributed by atoms with Crippen LogP contribution >= 0.6 is 23.4 Å². The van der Waals surface area contributed by atoms with Crippen molar-refractivity contribution in [2.75, 3.05) is 0 Å². The predicted octanol–water partition coefficient (Wildman–Crippen LogP) is 3.92. The van der Waals surface area contributed by atoms with Gasteiger partial charge in [0.2, 0.25) is 0 Å². The second kappa shape index (κ2) is 6.37. The van der Waals surface area contributed by atoms with Gasteiger partial charge < -0.3 is 5.73 Å². The molecule has 2 nitrogen and oxygen atoms in total. The monoisotopic (exact) mass is 296 g/mol. The lowest BCUT2D eigenvalue weighted by atomic mass is 10.1. The van der Waals surface area contributed by atoms with Gasteiger partial charge in [-0.15, -0.1) is 0 Å². The standard InChI is InChI=1S/C14H14ClFN2S/c1-9(17)6-10-7-12(16)3-4-13(10)19-14-5-2-11(15)8-18-14/h2-5,7-9H,6,17H2,1H3. The minimum absolute atomic E-state index is 0.0145. The van der Waals surface area contributed by atoms with Crippen LogP contribution in [0.4, 0.5) is 4.39 Å². The second-order valence-electron chi connectivity index (χ2n) is 4.35. The minimum atomic E-state index is -0.246. The van der Waals surface area contributed by atoms with Crippen LogP contribution in [-0.2, 0) is 6.42 Å². The van der Waals surface area contributed by atoms with Crippen molar-refractivity contribution < 1.29 is 4.39 Å². The highest BCUT2D eigenvalue weighted by molar-refractivity contribution is 7.99. The van der Waals surface area contributed by atoms with Crippen LogP contribution in [0.15, 0.2) is 46.5 Å². The van der Waals surface area contributed by atoms with Crippen LogP contribution in [-0.4, -0.2) is 11.0 Å². The quantitative estimate of drug-likeness (QED) is 0.929. The Labute approximate surface area is 121 Å². The number of benzene rings is 1. The highest BCUT2D eigenvalue weighted by Gasteiger charge is 2.09. The lowest BCUT2D eigenvalue weighted by Crippen LogP contribution is -2.18. The Hall–Kier alpha value is -1.10. The molecule has 1 unspecified atom stereocenters. The Morgan fingerprint density at radius 3 is 2.79 bits per heavy atom. The maximum absolute atomic E-state index is 13.3. The van der Waals surface area contributed by atoms with Gasteiger partial charge in [-0.05, 0) is 49.2 Å². The number of hydrogen-bond acceptors (Lipinski definition) is 3. The summed E-state index contributed by atoms with van der Waals surface area (Å²) in [6, 6.07) is 8.34. The highest BCUT2D eigenvalue weighted by Crippen LogP contribution is 2.30. The first-order valence-electron chi connectivity index (χ1n) is 5.88. The summed E-state index contributed by atoms with van der Waals surface area (Å²) in [4.78, 5) is 5.19. The zero-order valence-corrected chi connectivity index (χ0v) is 12.0. The van der Waals surface area contributed by atoms with Crippen LogP contribution in [0.1, 0.15) is 12.5 Å². The van der Waals surface area contributed by atoms with Crippen molar-refractivity contribution >= 4 is 23.4 Å². The molecule has 100 valence electrons. The van der Waals surface area contributed by atoms with E-state index in [1.54, 1.807) is 18.3 Å². The maximum atomic E-state index is 13.3. The van der Waals surface area contributed by atoms with E-state index >= 15 is 0 Å². The van der Waals surface area contributed by atoms with Gasteiger partial charge >= 0.3 is 0 Å². The zero-order valence-electron chi connectivity index (χ0n) is 10.4. The molecule has 19 heavy (non-hydrogen) atoms. The minimum Gasteiger partial charge on any atom is -0.328 e. The molecule has 2 aromatic rings. The summed E-state index contributed by atoms with van der Waals surface area (Å²) in [6.07, 6.45) is 2.23. The molecule has 2 N–H and O–H groups in total. The Kier molecular flexibility index (Phi) is 4.80. The molecule has 5 heteroatoms. The first kappa shape index (κ1) is 14.3. The van der Waals surface area contributed by atoms with Crippen molar-refractivity contribution in [1.82, 2.24) is 4.98 Å². The molecule has 0 bridgehead atoms. The first-order valence-corrected chi connectivity index (χ1v) is 7.07. The van der Waals surface area contributed by atoms with E-state index in [0.29, 0.717) is 11.4 Å². The fourth-order valence-corrected chi connectivity index (χ4v) is 2.68. The van der Waals surface area contributed by atoms with E-state index in [-0.39, 0.29) is 11.9 Å². The van der Waals surface area contributed by atoms with Crippen molar-refractivity contribution in [3.63, 3.8) is 0 Å². The number of rotatable bonds is 4. The number of aromatic nitrogens is 1. The summed E-state index contributed by atoms with van der Waals surface area (Å²) < 4.78 is 13.3. The van der Waals surface area contributed by atoms with E-state index in [2.05, 4.69) is 4.98 Å². The van der Waals surface area contributed by atoms with Crippen LogP contribution in [0.2, 0.25) is 5.02 Å². The molecule has 0 aliphatic heterocycles. The molecular formula is C14H14ClFN2S. The third kappa shape index (κ3) is 4.20. The predicted molar refractivity (Wildman–Crippen MR) is 77.1 cm³/mol. The van der Waals surface area contributed by atoms with Gasteiger partial charge in [0.25, 0.3) is 0 Å². The van der Waals surface area contributed by atoms with Gasteiger partial charge in [-0.3, -0.25) is 0 Å². The average Bonchev–Trinajstić information content (AvgIpc) is 2.34. The smallest absolute Gasteiger partial charge is 0.123 e. The van der Waals surface area contributed by atoms with Gasteiger partial charge in [-0.2, -0.15) is 0 Å². The van der Waals surface area contributed by atoms with E-state index in [1.165, 1.54) is 23.9 Å². The summed E-state index contributed by atoms with van der Waals surface area (Å²) in [5, 5.41) is 1.42.